The fourth-order valence-electron chi connectivity index (χ4n) is 1.78. The summed E-state index contributed by atoms with van der Waals surface area (Å²) in [5.41, 5.74) is 2.06. The van der Waals surface area contributed by atoms with Gasteiger partial charge in [-0.05, 0) is 30.7 Å². The molecule has 1 aromatic heterocycles. The zero-order chi connectivity index (χ0) is 14.5. The summed E-state index contributed by atoms with van der Waals surface area (Å²) in [6.07, 6.45) is 1.62. The molecule has 0 aliphatic carbocycles. The first kappa shape index (κ1) is 13.9. The smallest absolute Gasteiger partial charge is 0.255 e. The maximum atomic E-state index is 12.0. The van der Waals surface area contributed by atoms with Gasteiger partial charge in [-0.3, -0.25) is 4.79 Å². The number of aromatic nitrogens is 1. The fourth-order valence-corrected chi connectivity index (χ4v) is 1.78. The van der Waals surface area contributed by atoms with Gasteiger partial charge in [0.2, 0.25) is 5.88 Å². The van der Waals surface area contributed by atoms with Crippen molar-refractivity contribution in [2.75, 3.05) is 7.11 Å². The predicted octanol–water partition coefficient (Wildman–Crippen LogP) is 2.03. The largest absolute Gasteiger partial charge is 0.507 e. The number of benzene rings is 1. The van der Waals surface area contributed by atoms with Gasteiger partial charge in [0, 0.05) is 18.8 Å². The monoisotopic (exact) mass is 272 g/mol. The Kier molecular flexibility index (Phi) is 4.20. The van der Waals surface area contributed by atoms with E-state index in [0.29, 0.717) is 12.4 Å². The van der Waals surface area contributed by atoms with Gasteiger partial charge in [0.15, 0.2) is 0 Å². The van der Waals surface area contributed by atoms with Crippen molar-refractivity contribution < 1.29 is 14.6 Å². The van der Waals surface area contributed by atoms with E-state index in [1.807, 2.05) is 6.92 Å². The molecule has 0 spiro atoms. The zero-order valence-electron chi connectivity index (χ0n) is 11.4. The molecule has 5 heteroatoms. The van der Waals surface area contributed by atoms with Crippen molar-refractivity contribution in [2.24, 2.45) is 0 Å². The standard InChI is InChI=1S/C15H16N2O3/c1-10-3-4-13(18)12(7-10)15(19)17-9-11-5-6-16-14(8-11)20-2/h3-8,18H,9H2,1-2H3,(H,17,19). The van der Waals surface area contributed by atoms with Crippen LogP contribution in [0.1, 0.15) is 21.5 Å². The third kappa shape index (κ3) is 3.26. The summed E-state index contributed by atoms with van der Waals surface area (Å²) in [6.45, 7) is 2.20. The second-order valence-electron chi connectivity index (χ2n) is 4.41. The molecule has 0 fully saturated rings. The van der Waals surface area contributed by atoms with Gasteiger partial charge in [-0.2, -0.15) is 0 Å². The van der Waals surface area contributed by atoms with Crippen LogP contribution >= 0.6 is 0 Å². The van der Waals surface area contributed by atoms with Crippen LogP contribution in [-0.4, -0.2) is 23.1 Å². The molecule has 0 atom stereocenters. The quantitative estimate of drug-likeness (QED) is 0.893. The molecule has 0 saturated heterocycles. The highest BCUT2D eigenvalue weighted by atomic mass is 16.5. The molecule has 0 radical (unpaired) electrons. The van der Waals surface area contributed by atoms with Crippen LogP contribution in [0.4, 0.5) is 0 Å². The Balaban J connectivity index is 2.06. The normalized spacial score (nSPS) is 10.1. The summed E-state index contributed by atoms with van der Waals surface area (Å²) in [4.78, 5) is 16.0. The molecule has 1 aromatic carbocycles. The molecule has 2 rings (SSSR count). The Morgan fingerprint density at radius 1 is 1.35 bits per heavy atom. The van der Waals surface area contributed by atoms with Crippen LogP contribution in [0, 0.1) is 6.92 Å². The van der Waals surface area contributed by atoms with Gasteiger partial charge < -0.3 is 15.2 Å². The van der Waals surface area contributed by atoms with Crippen LogP contribution in [0.2, 0.25) is 0 Å². The Morgan fingerprint density at radius 2 is 2.15 bits per heavy atom. The highest BCUT2D eigenvalue weighted by molar-refractivity contribution is 5.96. The van der Waals surface area contributed by atoms with E-state index >= 15 is 0 Å². The molecule has 0 saturated carbocycles. The van der Waals surface area contributed by atoms with E-state index in [-0.39, 0.29) is 17.2 Å². The zero-order valence-corrected chi connectivity index (χ0v) is 11.4. The Bertz CT molecular complexity index is 626. The number of hydrogen-bond acceptors (Lipinski definition) is 4. The number of nitrogens with zero attached hydrogens (tertiary/aromatic N) is 1. The number of aryl methyl sites for hydroxylation is 1. The number of methoxy groups -OCH3 is 1. The number of phenolic OH excluding ortho intramolecular Hbond substituents is 1. The first-order valence-corrected chi connectivity index (χ1v) is 6.17. The second kappa shape index (κ2) is 6.06. The van der Waals surface area contributed by atoms with Gasteiger partial charge in [-0.1, -0.05) is 11.6 Å². The molecule has 0 aliphatic rings. The number of carbonyl (C=O) groups excluding carboxylic acids is 1. The van der Waals surface area contributed by atoms with Crippen molar-refractivity contribution in [1.29, 1.82) is 0 Å². The molecule has 0 unspecified atom stereocenters. The molecule has 20 heavy (non-hydrogen) atoms. The van der Waals surface area contributed by atoms with Gasteiger partial charge in [0.05, 0.1) is 12.7 Å². The van der Waals surface area contributed by atoms with E-state index in [4.69, 9.17) is 4.74 Å². The van der Waals surface area contributed by atoms with E-state index in [9.17, 15) is 9.90 Å². The van der Waals surface area contributed by atoms with E-state index in [1.54, 1.807) is 30.5 Å². The van der Waals surface area contributed by atoms with Crippen molar-refractivity contribution in [3.05, 3.63) is 53.2 Å². The average Bonchev–Trinajstić information content (AvgIpc) is 2.47. The Hall–Kier alpha value is -2.56. The van der Waals surface area contributed by atoms with E-state index < -0.39 is 0 Å². The summed E-state index contributed by atoms with van der Waals surface area (Å²) < 4.78 is 5.02. The van der Waals surface area contributed by atoms with Gasteiger partial charge in [0.25, 0.3) is 5.91 Å². The third-order valence-electron chi connectivity index (χ3n) is 2.86. The number of amides is 1. The van der Waals surface area contributed by atoms with Crippen LogP contribution in [0.3, 0.4) is 0 Å². The summed E-state index contributed by atoms with van der Waals surface area (Å²) in [6, 6.07) is 8.45. The number of hydrogen-bond donors (Lipinski definition) is 2. The van der Waals surface area contributed by atoms with E-state index in [0.717, 1.165) is 11.1 Å². The lowest BCUT2D eigenvalue weighted by Gasteiger charge is -2.08. The number of nitrogens with one attached hydrogen (secondary N) is 1. The third-order valence-corrected chi connectivity index (χ3v) is 2.86. The fraction of sp³-hybridized carbons (Fsp3) is 0.200. The molecular weight excluding hydrogens is 256 g/mol. The molecule has 2 aromatic rings. The van der Waals surface area contributed by atoms with Crippen LogP contribution in [-0.2, 0) is 6.54 Å². The summed E-state index contributed by atoms with van der Waals surface area (Å²) in [5, 5.41) is 12.4. The Labute approximate surface area is 117 Å². The predicted molar refractivity (Wildman–Crippen MR) is 74.8 cm³/mol. The lowest BCUT2D eigenvalue weighted by Crippen LogP contribution is -2.23. The maximum Gasteiger partial charge on any atom is 0.255 e. The molecule has 1 heterocycles. The molecule has 2 N–H and O–H groups in total. The highest BCUT2D eigenvalue weighted by Crippen LogP contribution is 2.18. The number of phenols is 1. The first-order chi connectivity index (χ1) is 9.60. The van der Waals surface area contributed by atoms with Crippen molar-refractivity contribution in [2.45, 2.75) is 13.5 Å². The first-order valence-electron chi connectivity index (χ1n) is 6.17. The average molecular weight is 272 g/mol. The second-order valence-corrected chi connectivity index (χ2v) is 4.41. The minimum atomic E-state index is -0.318. The van der Waals surface area contributed by atoms with Gasteiger partial charge in [-0.25, -0.2) is 4.98 Å². The lowest BCUT2D eigenvalue weighted by atomic mass is 10.1. The van der Waals surface area contributed by atoms with Crippen LogP contribution in [0.5, 0.6) is 11.6 Å². The topological polar surface area (TPSA) is 71.5 Å². The maximum absolute atomic E-state index is 12.0. The molecule has 0 bridgehead atoms. The van der Waals surface area contributed by atoms with Crippen molar-refractivity contribution in [3.63, 3.8) is 0 Å². The lowest BCUT2D eigenvalue weighted by molar-refractivity contribution is 0.0948. The summed E-state index contributed by atoms with van der Waals surface area (Å²) >= 11 is 0. The summed E-state index contributed by atoms with van der Waals surface area (Å²) in [7, 11) is 1.54. The van der Waals surface area contributed by atoms with Crippen molar-refractivity contribution in [1.82, 2.24) is 10.3 Å². The minimum Gasteiger partial charge on any atom is -0.507 e. The van der Waals surface area contributed by atoms with Gasteiger partial charge >= 0.3 is 0 Å². The Morgan fingerprint density at radius 3 is 2.90 bits per heavy atom. The molecule has 0 aliphatic heterocycles. The molecule has 104 valence electrons. The number of pyridine rings is 1. The van der Waals surface area contributed by atoms with Crippen molar-refractivity contribution >= 4 is 5.91 Å². The highest BCUT2D eigenvalue weighted by Gasteiger charge is 2.11. The van der Waals surface area contributed by atoms with Crippen LogP contribution < -0.4 is 10.1 Å². The molecule has 5 nitrogen and oxygen atoms in total. The molecular formula is C15H16N2O3. The van der Waals surface area contributed by atoms with Gasteiger partial charge in [0.1, 0.15) is 5.75 Å². The van der Waals surface area contributed by atoms with Gasteiger partial charge in [-0.15, -0.1) is 0 Å². The van der Waals surface area contributed by atoms with E-state index in [1.165, 1.54) is 13.2 Å². The van der Waals surface area contributed by atoms with Crippen LogP contribution in [0.25, 0.3) is 0 Å². The van der Waals surface area contributed by atoms with Crippen LogP contribution in [0.15, 0.2) is 36.5 Å². The number of carbonyl (C=O) groups is 1. The van der Waals surface area contributed by atoms with Crippen molar-refractivity contribution in [3.8, 4) is 11.6 Å². The number of ether oxygens (including phenoxy) is 1. The minimum absolute atomic E-state index is 0.0274. The summed E-state index contributed by atoms with van der Waals surface area (Å²) in [5.74, 6) is 0.150. The SMILES string of the molecule is COc1cc(CNC(=O)c2cc(C)ccc2O)ccn1. The molecule has 1 amide bonds. The number of rotatable bonds is 4. The van der Waals surface area contributed by atoms with E-state index in [2.05, 4.69) is 10.3 Å². The number of aromatic hydroxyl groups is 1.